The number of hydrogen-bond acceptors (Lipinski definition) is 5. The summed E-state index contributed by atoms with van der Waals surface area (Å²) in [6.45, 7) is 18.6. The first-order chi connectivity index (χ1) is 18.5. The van der Waals surface area contributed by atoms with Crippen LogP contribution < -0.4 is 0 Å². The van der Waals surface area contributed by atoms with Crippen molar-refractivity contribution in [2.24, 2.45) is 39.4 Å². The number of carboxylic acid groups (broad SMARTS) is 1. The highest BCUT2D eigenvalue weighted by Gasteiger charge is 2.67. The predicted molar refractivity (Wildman–Crippen MR) is 155 cm³/mol. The zero-order valence-electron chi connectivity index (χ0n) is 26.1. The Balaban J connectivity index is 1.71. The normalized spacial score (nSPS) is 39.1. The molecule has 4 aliphatic rings. The van der Waals surface area contributed by atoms with Gasteiger partial charge in [0, 0.05) is 30.3 Å². The lowest BCUT2D eigenvalue weighted by atomic mass is 9.44. The average molecular weight is 555 g/mol. The van der Waals surface area contributed by atoms with Crippen LogP contribution in [0.4, 0.5) is 0 Å². The summed E-state index contributed by atoms with van der Waals surface area (Å²) in [5.41, 5.74) is 2.53. The molecule has 0 bridgehead atoms. The van der Waals surface area contributed by atoms with Crippen molar-refractivity contribution in [3.05, 3.63) is 34.9 Å². The number of carbonyl (C=O) groups is 3. The minimum atomic E-state index is -0.867. The van der Waals surface area contributed by atoms with Crippen LogP contribution in [-0.2, 0) is 23.9 Å². The average Bonchev–Trinajstić information content (AvgIpc) is 3.07. The van der Waals surface area contributed by atoms with E-state index in [1.165, 1.54) is 25.0 Å². The topological polar surface area (TPSA) is 89.9 Å². The summed E-state index contributed by atoms with van der Waals surface area (Å²) in [5, 5.41) is 9.25. The van der Waals surface area contributed by atoms with Crippen molar-refractivity contribution in [3.63, 3.8) is 0 Å². The van der Waals surface area contributed by atoms with Crippen LogP contribution in [0.25, 0.3) is 0 Å². The van der Waals surface area contributed by atoms with E-state index in [0.717, 1.165) is 44.9 Å². The largest absolute Gasteiger partial charge is 0.478 e. The molecular weight excluding hydrogens is 504 g/mol. The fourth-order valence-electron chi connectivity index (χ4n) is 9.52. The molecule has 0 aliphatic heterocycles. The lowest BCUT2D eigenvalue weighted by molar-refractivity contribution is -0.166. The Morgan fingerprint density at radius 2 is 1.62 bits per heavy atom. The number of allylic oxidation sites excluding steroid dienone is 4. The third-order valence-electron chi connectivity index (χ3n) is 12.0. The Kier molecular flexibility index (Phi) is 8.01. The van der Waals surface area contributed by atoms with Crippen LogP contribution in [0, 0.1) is 39.4 Å². The zero-order chi connectivity index (χ0) is 29.8. The molecule has 4 rings (SSSR count). The van der Waals surface area contributed by atoms with Gasteiger partial charge in [-0.1, -0.05) is 59.8 Å². The van der Waals surface area contributed by atoms with E-state index in [1.807, 2.05) is 6.08 Å². The van der Waals surface area contributed by atoms with E-state index in [4.69, 9.17) is 9.47 Å². The Labute approximate surface area is 240 Å². The van der Waals surface area contributed by atoms with Gasteiger partial charge in [0.2, 0.25) is 0 Å². The van der Waals surface area contributed by atoms with E-state index < -0.39 is 5.97 Å². The Morgan fingerprint density at radius 1 is 1.00 bits per heavy atom. The maximum absolute atomic E-state index is 12.4. The molecule has 0 aromatic rings. The molecule has 0 amide bonds. The van der Waals surface area contributed by atoms with Gasteiger partial charge >= 0.3 is 17.9 Å². The summed E-state index contributed by atoms with van der Waals surface area (Å²) in [6, 6.07) is 0. The summed E-state index contributed by atoms with van der Waals surface area (Å²) in [7, 11) is 0. The second kappa shape index (κ2) is 10.5. The Morgan fingerprint density at radius 3 is 2.23 bits per heavy atom. The van der Waals surface area contributed by atoms with Crippen molar-refractivity contribution in [3.8, 4) is 0 Å². The Bertz CT molecular complexity index is 1160. The van der Waals surface area contributed by atoms with Crippen molar-refractivity contribution in [1.29, 1.82) is 0 Å². The fourth-order valence-corrected chi connectivity index (χ4v) is 9.52. The molecular formula is C34H50O6. The highest BCUT2D eigenvalue weighted by atomic mass is 16.5. The van der Waals surface area contributed by atoms with Crippen molar-refractivity contribution >= 4 is 17.9 Å². The molecule has 8 atom stereocenters. The van der Waals surface area contributed by atoms with E-state index in [2.05, 4.69) is 53.7 Å². The van der Waals surface area contributed by atoms with E-state index in [9.17, 15) is 19.5 Å². The van der Waals surface area contributed by atoms with Crippen LogP contribution in [0.2, 0.25) is 0 Å². The second-order valence-corrected chi connectivity index (χ2v) is 14.4. The lowest BCUT2D eigenvalue weighted by Gasteiger charge is -2.61. The van der Waals surface area contributed by atoms with E-state index >= 15 is 0 Å². The molecule has 2 saturated carbocycles. The highest BCUT2D eigenvalue weighted by Crippen LogP contribution is 2.72. The molecule has 0 heterocycles. The molecule has 6 nitrogen and oxygen atoms in total. The first kappa shape index (κ1) is 30.6. The van der Waals surface area contributed by atoms with Gasteiger partial charge in [-0.3, -0.25) is 9.59 Å². The highest BCUT2D eigenvalue weighted by molar-refractivity contribution is 5.85. The van der Waals surface area contributed by atoms with Crippen LogP contribution in [0.15, 0.2) is 34.9 Å². The molecule has 2 unspecified atom stereocenters. The molecule has 0 radical (unpaired) electrons. The van der Waals surface area contributed by atoms with Crippen LogP contribution in [0.3, 0.4) is 0 Å². The molecule has 6 heteroatoms. The van der Waals surface area contributed by atoms with Gasteiger partial charge in [-0.2, -0.15) is 0 Å². The third kappa shape index (κ3) is 4.67. The van der Waals surface area contributed by atoms with Gasteiger partial charge in [-0.05, 0) is 91.6 Å². The molecule has 0 saturated heterocycles. The smallest absolute Gasteiger partial charge is 0.330 e. The summed E-state index contributed by atoms with van der Waals surface area (Å²) in [5.74, 6) is -0.286. The predicted octanol–water partition coefficient (Wildman–Crippen LogP) is 7.43. The van der Waals surface area contributed by atoms with Crippen LogP contribution in [0.5, 0.6) is 0 Å². The summed E-state index contributed by atoms with van der Waals surface area (Å²) in [6.07, 6.45) is 12.5. The van der Waals surface area contributed by atoms with Crippen LogP contribution >= 0.6 is 0 Å². The molecule has 2 fully saturated rings. The Hall–Kier alpha value is -2.37. The molecule has 0 aromatic carbocycles. The van der Waals surface area contributed by atoms with Crippen LogP contribution in [0.1, 0.15) is 107 Å². The van der Waals surface area contributed by atoms with E-state index in [-0.39, 0.29) is 45.8 Å². The first-order valence-electron chi connectivity index (χ1n) is 15.2. The first-order valence-corrected chi connectivity index (χ1v) is 15.2. The molecule has 40 heavy (non-hydrogen) atoms. The third-order valence-corrected chi connectivity index (χ3v) is 12.0. The van der Waals surface area contributed by atoms with Gasteiger partial charge in [0.25, 0.3) is 0 Å². The van der Waals surface area contributed by atoms with Gasteiger partial charge < -0.3 is 14.6 Å². The monoisotopic (exact) mass is 554 g/mol. The summed E-state index contributed by atoms with van der Waals surface area (Å²) in [4.78, 5) is 35.6. The number of rotatable bonds is 7. The number of hydrogen-bond donors (Lipinski definition) is 1. The molecule has 4 aliphatic carbocycles. The number of esters is 2. The summed E-state index contributed by atoms with van der Waals surface area (Å²) >= 11 is 0. The SMILES string of the molecule is CC(=O)O[C@H]1CC[C@]2(C)C3=CC[C@]4(C)[C@@H](C(C)CC/C=C(\C)C(=O)O)C[C@H](OC(C)=O)[C@@]4(C)C3=CCC2C1(C)C. The van der Waals surface area contributed by atoms with Crippen molar-refractivity contribution in [2.45, 2.75) is 119 Å². The molecule has 222 valence electrons. The van der Waals surface area contributed by atoms with Gasteiger partial charge in [0.15, 0.2) is 0 Å². The number of fused-ring (bicyclic) bond motifs is 5. The quantitative estimate of drug-likeness (QED) is 0.260. The zero-order valence-corrected chi connectivity index (χ0v) is 26.1. The number of aliphatic carboxylic acids is 1. The number of ether oxygens (including phenoxy) is 2. The summed E-state index contributed by atoms with van der Waals surface area (Å²) < 4.78 is 12.0. The van der Waals surface area contributed by atoms with Crippen molar-refractivity contribution < 1.29 is 29.0 Å². The minimum absolute atomic E-state index is 0.0435. The fraction of sp³-hybridized carbons (Fsp3) is 0.735. The van der Waals surface area contributed by atoms with Gasteiger partial charge in [-0.15, -0.1) is 0 Å². The lowest BCUT2D eigenvalue weighted by Crippen LogP contribution is -2.56. The molecule has 0 aromatic heterocycles. The standard InChI is InChI=1S/C34H50O6/c1-20(11-10-12-21(2)30(37)38)26-19-29(40-23(4)36)34(9)25-13-14-27-31(5,6)28(39-22(3)35)16-17-32(27,7)24(25)15-18-33(26,34)8/h12-13,15,20,26-29H,10-11,14,16-19H2,1-9H3,(H,37,38)/b21-12+/t20?,26-,27?,28+,29+,32-,33-,34-/m1/s1. The van der Waals surface area contributed by atoms with Gasteiger partial charge in [-0.25, -0.2) is 4.79 Å². The van der Waals surface area contributed by atoms with Crippen molar-refractivity contribution in [1.82, 2.24) is 0 Å². The maximum atomic E-state index is 12.4. The molecule has 1 N–H and O–H groups in total. The van der Waals surface area contributed by atoms with E-state index in [0.29, 0.717) is 23.3 Å². The van der Waals surface area contributed by atoms with Crippen LogP contribution in [-0.4, -0.2) is 35.2 Å². The van der Waals surface area contributed by atoms with Gasteiger partial charge in [0.1, 0.15) is 12.2 Å². The van der Waals surface area contributed by atoms with Gasteiger partial charge in [0.05, 0.1) is 0 Å². The maximum Gasteiger partial charge on any atom is 0.330 e. The van der Waals surface area contributed by atoms with E-state index in [1.54, 1.807) is 6.92 Å². The van der Waals surface area contributed by atoms with Crippen molar-refractivity contribution in [2.75, 3.05) is 0 Å². The minimum Gasteiger partial charge on any atom is -0.478 e. The molecule has 0 spiro atoms. The number of carbonyl (C=O) groups excluding carboxylic acids is 2. The number of carboxylic acids is 1. The second-order valence-electron chi connectivity index (χ2n) is 14.4.